The van der Waals surface area contributed by atoms with E-state index in [0.29, 0.717) is 12.5 Å². The number of carbonyl (C=O) groups is 1. The van der Waals surface area contributed by atoms with Crippen molar-refractivity contribution in [1.29, 1.82) is 0 Å². The molecule has 22 heavy (non-hydrogen) atoms. The zero-order valence-electron chi connectivity index (χ0n) is 13.4. The van der Waals surface area contributed by atoms with Crippen LogP contribution in [0, 0.1) is 5.41 Å². The summed E-state index contributed by atoms with van der Waals surface area (Å²) in [5, 5.41) is 6.37. The summed E-state index contributed by atoms with van der Waals surface area (Å²) in [7, 11) is 0. The molecule has 0 fully saturated rings. The highest BCUT2D eigenvalue weighted by Gasteiger charge is 2.24. The number of halogens is 1. The quantitative estimate of drug-likeness (QED) is 0.353. The third-order valence-electron chi connectivity index (χ3n) is 3.04. The minimum Gasteiger partial charge on any atom is -0.369 e. The number of hydrogen-bond acceptors (Lipinski definition) is 3. The Morgan fingerprint density at radius 2 is 2.09 bits per heavy atom. The molecule has 4 N–H and O–H groups in total. The normalized spacial score (nSPS) is 11.5. The van der Waals surface area contributed by atoms with Crippen molar-refractivity contribution in [2.45, 2.75) is 27.2 Å². The van der Waals surface area contributed by atoms with Gasteiger partial charge in [0, 0.05) is 31.4 Å². The number of aliphatic imine (C=N–C) groups is 1. The number of nitrogens with two attached hydrogens (primary N) is 1. The average Bonchev–Trinajstić information content (AvgIpc) is 2.46. The van der Waals surface area contributed by atoms with Crippen LogP contribution in [-0.2, 0) is 11.2 Å². The standard InChI is InChI=1S/C15H25N5O.HI/c1-4-17-14(20-11-15(2,3)13(16)21)19-10-8-12-7-5-6-9-18-12;/h5-7,9H,4,8,10-11H2,1-3H3,(H2,16,21)(H2,17,19,20);1H. The van der Waals surface area contributed by atoms with E-state index in [2.05, 4.69) is 20.6 Å². The van der Waals surface area contributed by atoms with Crippen LogP contribution in [0.5, 0.6) is 0 Å². The molecule has 0 saturated carbocycles. The molecule has 1 amide bonds. The van der Waals surface area contributed by atoms with Crippen LogP contribution in [0.4, 0.5) is 0 Å². The van der Waals surface area contributed by atoms with Crippen molar-refractivity contribution in [3.05, 3.63) is 30.1 Å². The Bertz CT molecular complexity index is 476. The van der Waals surface area contributed by atoms with Gasteiger partial charge < -0.3 is 16.4 Å². The fourth-order valence-electron chi connectivity index (χ4n) is 1.55. The molecule has 0 radical (unpaired) electrons. The Morgan fingerprint density at radius 3 is 2.64 bits per heavy atom. The van der Waals surface area contributed by atoms with Crippen molar-refractivity contribution in [1.82, 2.24) is 15.6 Å². The van der Waals surface area contributed by atoms with E-state index in [0.717, 1.165) is 25.2 Å². The first kappa shape index (κ1) is 20.6. The molecule has 0 aliphatic carbocycles. The van der Waals surface area contributed by atoms with Crippen LogP contribution in [0.1, 0.15) is 26.5 Å². The van der Waals surface area contributed by atoms with Gasteiger partial charge in [-0.25, -0.2) is 0 Å². The lowest BCUT2D eigenvalue weighted by Crippen LogP contribution is -2.40. The number of rotatable bonds is 7. The molecule has 1 rings (SSSR count). The van der Waals surface area contributed by atoms with Gasteiger partial charge in [0.25, 0.3) is 0 Å². The van der Waals surface area contributed by atoms with E-state index in [1.54, 1.807) is 20.0 Å². The number of amides is 1. The summed E-state index contributed by atoms with van der Waals surface area (Å²) in [6.07, 6.45) is 2.59. The Hall–Kier alpha value is -1.38. The summed E-state index contributed by atoms with van der Waals surface area (Å²) in [6, 6.07) is 5.85. The summed E-state index contributed by atoms with van der Waals surface area (Å²) in [5.41, 5.74) is 5.73. The minimum absolute atomic E-state index is 0. The molecule has 1 heterocycles. The van der Waals surface area contributed by atoms with E-state index >= 15 is 0 Å². The van der Waals surface area contributed by atoms with E-state index in [1.807, 2.05) is 25.1 Å². The zero-order chi connectivity index (χ0) is 15.7. The summed E-state index contributed by atoms with van der Waals surface area (Å²) in [4.78, 5) is 20.0. The third kappa shape index (κ3) is 7.58. The Kier molecular flexibility index (Phi) is 9.71. The highest BCUT2D eigenvalue weighted by Crippen LogP contribution is 2.13. The Morgan fingerprint density at radius 1 is 1.36 bits per heavy atom. The lowest BCUT2D eigenvalue weighted by molar-refractivity contribution is -0.125. The molecule has 0 spiro atoms. The molecule has 0 aromatic carbocycles. The lowest BCUT2D eigenvalue weighted by Gasteiger charge is -2.19. The van der Waals surface area contributed by atoms with Gasteiger partial charge in [-0.15, -0.1) is 24.0 Å². The number of nitrogens with zero attached hydrogens (tertiary/aromatic N) is 2. The zero-order valence-corrected chi connectivity index (χ0v) is 15.8. The first-order valence-electron chi connectivity index (χ1n) is 7.17. The molecule has 124 valence electrons. The van der Waals surface area contributed by atoms with Gasteiger partial charge in [0.05, 0.1) is 12.0 Å². The maximum absolute atomic E-state index is 11.3. The van der Waals surface area contributed by atoms with Crippen LogP contribution < -0.4 is 16.4 Å². The lowest BCUT2D eigenvalue weighted by atomic mass is 9.93. The van der Waals surface area contributed by atoms with Gasteiger partial charge in [0.15, 0.2) is 5.96 Å². The number of pyridine rings is 1. The molecule has 0 saturated heterocycles. The summed E-state index contributed by atoms with van der Waals surface area (Å²) in [6.45, 7) is 7.40. The molecular formula is C15H26IN5O. The minimum atomic E-state index is -0.649. The van der Waals surface area contributed by atoms with Crippen LogP contribution in [0.2, 0.25) is 0 Å². The van der Waals surface area contributed by atoms with Crippen molar-refractivity contribution < 1.29 is 4.79 Å². The molecule has 0 aliphatic heterocycles. The summed E-state index contributed by atoms with van der Waals surface area (Å²) >= 11 is 0. The van der Waals surface area contributed by atoms with E-state index in [9.17, 15) is 4.79 Å². The van der Waals surface area contributed by atoms with E-state index in [4.69, 9.17) is 5.73 Å². The van der Waals surface area contributed by atoms with Crippen molar-refractivity contribution in [3.63, 3.8) is 0 Å². The van der Waals surface area contributed by atoms with Crippen molar-refractivity contribution in [2.75, 3.05) is 19.6 Å². The first-order chi connectivity index (χ1) is 9.95. The second-order valence-electron chi connectivity index (χ2n) is 5.44. The summed E-state index contributed by atoms with van der Waals surface area (Å²) in [5.74, 6) is 0.332. The predicted octanol–water partition coefficient (Wildman–Crippen LogP) is 1.31. The molecule has 1 aromatic rings. The van der Waals surface area contributed by atoms with Gasteiger partial charge >= 0.3 is 0 Å². The fourth-order valence-corrected chi connectivity index (χ4v) is 1.55. The molecule has 0 bridgehead atoms. The van der Waals surface area contributed by atoms with Crippen molar-refractivity contribution >= 4 is 35.8 Å². The Labute approximate surface area is 149 Å². The van der Waals surface area contributed by atoms with Gasteiger partial charge in [-0.1, -0.05) is 6.07 Å². The third-order valence-corrected chi connectivity index (χ3v) is 3.04. The van der Waals surface area contributed by atoms with Crippen LogP contribution in [0.15, 0.2) is 29.4 Å². The smallest absolute Gasteiger partial charge is 0.224 e. The van der Waals surface area contributed by atoms with Gasteiger partial charge in [-0.3, -0.25) is 14.8 Å². The van der Waals surface area contributed by atoms with Crippen LogP contribution in [0.25, 0.3) is 0 Å². The molecule has 0 aliphatic rings. The largest absolute Gasteiger partial charge is 0.369 e. The molecule has 1 aromatic heterocycles. The van der Waals surface area contributed by atoms with Crippen LogP contribution >= 0.6 is 24.0 Å². The summed E-state index contributed by atoms with van der Waals surface area (Å²) < 4.78 is 0. The number of guanidine groups is 1. The van der Waals surface area contributed by atoms with E-state index in [1.165, 1.54) is 0 Å². The number of nitrogens with one attached hydrogen (secondary N) is 2. The maximum atomic E-state index is 11.3. The number of hydrogen-bond donors (Lipinski definition) is 3. The number of carbonyl (C=O) groups excluding carboxylic acids is 1. The highest BCUT2D eigenvalue weighted by molar-refractivity contribution is 14.0. The van der Waals surface area contributed by atoms with Crippen LogP contribution in [0.3, 0.4) is 0 Å². The topological polar surface area (TPSA) is 92.4 Å². The molecular weight excluding hydrogens is 393 g/mol. The van der Waals surface area contributed by atoms with Crippen molar-refractivity contribution in [2.24, 2.45) is 16.1 Å². The first-order valence-corrected chi connectivity index (χ1v) is 7.17. The Balaban J connectivity index is 0.00000441. The average molecular weight is 419 g/mol. The van der Waals surface area contributed by atoms with E-state index < -0.39 is 5.41 Å². The predicted molar refractivity (Wildman–Crippen MR) is 100 cm³/mol. The molecule has 7 heteroatoms. The van der Waals surface area contributed by atoms with Gasteiger partial charge in [0.2, 0.25) is 5.91 Å². The van der Waals surface area contributed by atoms with Crippen molar-refractivity contribution in [3.8, 4) is 0 Å². The second-order valence-corrected chi connectivity index (χ2v) is 5.44. The molecule has 0 atom stereocenters. The van der Waals surface area contributed by atoms with Gasteiger partial charge in [-0.2, -0.15) is 0 Å². The highest BCUT2D eigenvalue weighted by atomic mass is 127. The van der Waals surface area contributed by atoms with Gasteiger partial charge in [-0.05, 0) is 32.9 Å². The molecule has 0 unspecified atom stereocenters. The number of aromatic nitrogens is 1. The SMILES string of the molecule is CCNC(=NCC(C)(C)C(N)=O)NCCc1ccccn1.I. The second kappa shape index (κ2) is 10.4. The van der Waals surface area contributed by atoms with E-state index in [-0.39, 0.29) is 29.9 Å². The number of primary amides is 1. The molecule has 6 nitrogen and oxygen atoms in total. The fraction of sp³-hybridized carbons (Fsp3) is 0.533. The van der Waals surface area contributed by atoms with Gasteiger partial charge in [0.1, 0.15) is 0 Å². The van der Waals surface area contributed by atoms with Crippen LogP contribution in [-0.4, -0.2) is 36.5 Å². The monoisotopic (exact) mass is 419 g/mol. The maximum Gasteiger partial charge on any atom is 0.224 e.